The first-order valence-corrected chi connectivity index (χ1v) is 7.30. The van der Waals surface area contributed by atoms with E-state index in [1.165, 1.54) is 11.8 Å². The Kier molecular flexibility index (Phi) is 3.59. The Bertz CT molecular complexity index is 375. The first-order chi connectivity index (χ1) is 7.29. The van der Waals surface area contributed by atoms with E-state index >= 15 is 0 Å². The van der Waals surface area contributed by atoms with Crippen molar-refractivity contribution in [3.8, 4) is 0 Å². The summed E-state index contributed by atoms with van der Waals surface area (Å²) in [7, 11) is -0.995. The van der Waals surface area contributed by atoms with Gasteiger partial charge in [0.1, 0.15) is 4.58 Å². The van der Waals surface area contributed by atoms with Gasteiger partial charge >= 0.3 is 0 Å². The van der Waals surface area contributed by atoms with Crippen LogP contribution in [-0.2, 0) is 10.8 Å². The summed E-state index contributed by atoms with van der Waals surface area (Å²) in [6, 6.07) is 9.12. The van der Waals surface area contributed by atoms with Crippen molar-refractivity contribution in [2.24, 2.45) is 0 Å². The van der Waals surface area contributed by atoms with Crippen LogP contribution in [-0.4, -0.2) is 26.1 Å². The number of rotatable bonds is 2. The zero-order valence-electron chi connectivity index (χ0n) is 8.22. The molecule has 1 aliphatic rings. The molecule has 0 radical (unpaired) electrons. The van der Waals surface area contributed by atoms with Gasteiger partial charge in [-0.3, -0.25) is 9.00 Å². The van der Waals surface area contributed by atoms with E-state index in [1.54, 1.807) is 12.1 Å². The van der Waals surface area contributed by atoms with Gasteiger partial charge in [-0.1, -0.05) is 30.3 Å². The summed E-state index contributed by atoms with van der Waals surface area (Å²) < 4.78 is 11.3. The fourth-order valence-electron chi connectivity index (χ4n) is 1.51. The van der Waals surface area contributed by atoms with Crippen molar-refractivity contribution >= 4 is 28.3 Å². The van der Waals surface area contributed by atoms with Crippen molar-refractivity contribution in [1.29, 1.82) is 0 Å². The number of ketones is 1. The molecule has 2 atom stereocenters. The van der Waals surface area contributed by atoms with Crippen molar-refractivity contribution < 1.29 is 9.00 Å². The van der Waals surface area contributed by atoms with Gasteiger partial charge in [-0.2, -0.15) is 0 Å². The van der Waals surface area contributed by atoms with Gasteiger partial charge < -0.3 is 0 Å². The maximum absolute atomic E-state index is 12.0. The molecule has 2 rings (SSSR count). The Balaban J connectivity index is 2.17. The molecule has 0 N–H and O–H groups in total. The second kappa shape index (κ2) is 4.94. The molecule has 1 aromatic carbocycles. The highest BCUT2D eigenvalue weighted by molar-refractivity contribution is 8.13. The normalized spacial score (nSPS) is 26.1. The zero-order valence-corrected chi connectivity index (χ0v) is 9.85. The number of Topliss-reactive ketones (excluding diaryl/α,β-unsaturated/α-hetero) is 1. The molecule has 0 saturated carbocycles. The summed E-state index contributed by atoms with van der Waals surface area (Å²) in [6.07, 6.45) is 0.954. The maximum Gasteiger partial charge on any atom is 0.188 e. The molecule has 0 aromatic heterocycles. The van der Waals surface area contributed by atoms with E-state index in [2.05, 4.69) is 0 Å². The highest BCUT2D eigenvalue weighted by Gasteiger charge is 2.28. The Morgan fingerprint density at radius 2 is 2.07 bits per heavy atom. The van der Waals surface area contributed by atoms with Crippen molar-refractivity contribution in [2.75, 3.05) is 11.5 Å². The Hall–Kier alpha value is -0.610. The molecule has 80 valence electrons. The zero-order chi connectivity index (χ0) is 10.7. The molecule has 1 aliphatic heterocycles. The third kappa shape index (κ3) is 2.49. The Morgan fingerprint density at radius 1 is 1.33 bits per heavy atom. The van der Waals surface area contributed by atoms with Gasteiger partial charge in [-0.15, -0.1) is 11.8 Å². The summed E-state index contributed by atoms with van der Waals surface area (Å²) in [4.78, 5) is 12.0. The summed E-state index contributed by atoms with van der Waals surface area (Å²) >= 11 is 1.52. The third-order valence-corrected chi connectivity index (χ3v) is 5.75. The van der Waals surface area contributed by atoms with Crippen LogP contribution < -0.4 is 0 Å². The van der Waals surface area contributed by atoms with E-state index < -0.39 is 10.8 Å². The van der Waals surface area contributed by atoms with Crippen LogP contribution in [0.5, 0.6) is 0 Å². The van der Waals surface area contributed by atoms with Gasteiger partial charge in [0.25, 0.3) is 0 Å². The lowest BCUT2D eigenvalue weighted by molar-refractivity contribution is 0.101. The summed E-state index contributed by atoms with van der Waals surface area (Å²) in [6.45, 7) is 0. The second-order valence-electron chi connectivity index (χ2n) is 3.37. The lowest BCUT2D eigenvalue weighted by Gasteiger charge is -2.19. The van der Waals surface area contributed by atoms with Crippen LogP contribution in [0.4, 0.5) is 0 Å². The molecule has 0 aliphatic carbocycles. The molecule has 2 nitrogen and oxygen atoms in total. The van der Waals surface area contributed by atoms with E-state index in [-0.39, 0.29) is 10.4 Å². The molecule has 0 amide bonds. The number of thioether (sulfide) groups is 1. The van der Waals surface area contributed by atoms with E-state index in [1.807, 2.05) is 18.2 Å². The smallest absolute Gasteiger partial charge is 0.188 e. The van der Waals surface area contributed by atoms with Crippen LogP contribution in [0.15, 0.2) is 30.3 Å². The molecule has 15 heavy (non-hydrogen) atoms. The molecule has 1 heterocycles. The highest BCUT2D eigenvalue weighted by Crippen LogP contribution is 2.25. The van der Waals surface area contributed by atoms with Crippen LogP contribution in [0.25, 0.3) is 0 Å². The molecule has 1 fully saturated rings. The first-order valence-electron chi connectivity index (χ1n) is 4.87. The van der Waals surface area contributed by atoms with Crippen LogP contribution >= 0.6 is 11.8 Å². The minimum atomic E-state index is -0.995. The van der Waals surface area contributed by atoms with Gasteiger partial charge in [-0.05, 0) is 12.2 Å². The van der Waals surface area contributed by atoms with Gasteiger partial charge in [0.05, 0.1) is 0 Å². The van der Waals surface area contributed by atoms with E-state index in [4.69, 9.17) is 0 Å². The van der Waals surface area contributed by atoms with Crippen molar-refractivity contribution in [1.82, 2.24) is 0 Å². The molecular weight excluding hydrogens is 228 g/mol. The summed E-state index contributed by atoms with van der Waals surface area (Å²) in [5.74, 6) is 1.62. The van der Waals surface area contributed by atoms with Crippen LogP contribution in [0, 0.1) is 0 Å². The lowest BCUT2D eigenvalue weighted by atomic mass is 10.1. The highest BCUT2D eigenvalue weighted by atomic mass is 32.2. The standard InChI is InChI=1S/C11H12O2S2/c12-10(9-5-2-1-3-6-9)11-14-7-4-8-15(11)13/h1-3,5-6,11H,4,7-8H2/t11-,15-/m0/s1. The number of hydrogen-bond donors (Lipinski definition) is 0. The molecule has 0 unspecified atom stereocenters. The van der Waals surface area contributed by atoms with E-state index in [9.17, 15) is 9.00 Å². The Morgan fingerprint density at radius 3 is 2.73 bits per heavy atom. The first kappa shape index (κ1) is 10.9. The van der Waals surface area contributed by atoms with E-state index in [0.717, 1.165) is 12.2 Å². The number of carbonyl (C=O) groups excluding carboxylic acids is 1. The number of carbonyl (C=O) groups is 1. The van der Waals surface area contributed by atoms with E-state index in [0.29, 0.717) is 11.3 Å². The predicted octanol–water partition coefficient (Wildman–Crippen LogP) is 2.08. The molecule has 1 aromatic rings. The molecule has 4 heteroatoms. The average molecular weight is 240 g/mol. The largest absolute Gasteiger partial charge is 0.292 e. The molecule has 1 saturated heterocycles. The van der Waals surface area contributed by atoms with Crippen LogP contribution in [0.3, 0.4) is 0 Å². The quantitative estimate of drug-likeness (QED) is 0.742. The third-order valence-electron chi connectivity index (χ3n) is 2.27. The average Bonchev–Trinajstić information content (AvgIpc) is 2.30. The monoisotopic (exact) mass is 240 g/mol. The maximum atomic E-state index is 12.0. The van der Waals surface area contributed by atoms with Gasteiger partial charge in [0.15, 0.2) is 5.78 Å². The van der Waals surface area contributed by atoms with Gasteiger partial charge in [-0.25, -0.2) is 0 Å². The minimum Gasteiger partial charge on any atom is -0.292 e. The fraction of sp³-hybridized carbons (Fsp3) is 0.364. The number of benzene rings is 1. The second-order valence-corrected chi connectivity index (χ2v) is 6.52. The minimum absolute atomic E-state index is 0.0126. The summed E-state index contributed by atoms with van der Waals surface area (Å²) in [5.41, 5.74) is 0.672. The SMILES string of the molecule is O=C(c1ccccc1)[C@H]1SCCC[S@@]1=O. The topological polar surface area (TPSA) is 34.1 Å². The summed E-state index contributed by atoms with van der Waals surface area (Å²) in [5, 5.41) is 0. The van der Waals surface area contributed by atoms with Crippen molar-refractivity contribution in [3.05, 3.63) is 35.9 Å². The number of hydrogen-bond acceptors (Lipinski definition) is 3. The van der Waals surface area contributed by atoms with Crippen LogP contribution in [0.1, 0.15) is 16.8 Å². The predicted molar refractivity (Wildman–Crippen MR) is 64.6 cm³/mol. The van der Waals surface area contributed by atoms with Gasteiger partial charge in [0.2, 0.25) is 0 Å². The molecule has 0 bridgehead atoms. The molecule has 0 spiro atoms. The van der Waals surface area contributed by atoms with Crippen molar-refractivity contribution in [3.63, 3.8) is 0 Å². The molecular formula is C11H12O2S2. The fourth-order valence-corrected chi connectivity index (χ4v) is 4.71. The van der Waals surface area contributed by atoms with Gasteiger partial charge in [0, 0.05) is 22.1 Å². The van der Waals surface area contributed by atoms with Crippen molar-refractivity contribution in [2.45, 2.75) is 11.0 Å². The van der Waals surface area contributed by atoms with Crippen LogP contribution in [0.2, 0.25) is 0 Å². The Labute approximate surface area is 95.9 Å². The lowest BCUT2D eigenvalue weighted by Crippen LogP contribution is -2.28.